The van der Waals surface area contributed by atoms with Crippen LogP contribution < -0.4 is 9.47 Å². The average Bonchev–Trinajstić information content (AvgIpc) is 3.01. The largest absolute Gasteiger partial charge is 0.493 e. The third kappa shape index (κ3) is 4.63. The van der Waals surface area contributed by atoms with E-state index in [1.54, 1.807) is 18.2 Å². The van der Waals surface area contributed by atoms with E-state index in [9.17, 15) is 13.6 Å². The van der Waals surface area contributed by atoms with Crippen molar-refractivity contribution in [1.82, 2.24) is 0 Å². The van der Waals surface area contributed by atoms with Gasteiger partial charge in [-0.3, -0.25) is 4.79 Å². The van der Waals surface area contributed by atoms with Gasteiger partial charge in [-0.15, -0.1) is 11.3 Å². The van der Waals surface area contributed by atoms with Gasteiger partial charge in [0.2, 0.25) is 0 Å². The van der Waals surface area contributed by atoms with Gasteiger partial charge in [-0.05, 0) is 42.3 Å². The topological polar surface area (TPSA) is 35.5 Å². The first-order valence-corrected chi connectivity index (χ1v) is 7.79. The maximum absolute atomic E-state index is 12.4. The van der Waals surface area contributed by atoms with Gasteiger partial charge in [-0.25, -0.2) is 0 Å². The summed E-state index contributed by atoms with van der Waals surface area (Å²) in [5.41, 5.74) is 0.571. The Labute approximate surface area is 137 Å². The summed E-state index contributed by atoms with van der Waals surface area (Å²) in [6, 6.07) is 8.29. The number of benzene rings is 1. The van der Waals surface area contributed by atoms with E-state index in [-0.39, 0.29) is 17.3 Å². The highest BCUT2D eigenvalue weighted by molar-refractivity contribution is 7.14. The molecule has 122 valence electrons. The van der Waals surface area contributed by atoms with Crippen LogP contribution in [0, 0.1) is 0 Å². The van der Waals surface area contributed by atoms with Crippen molar-refractivity contribution in [2.75, 3.05) is 7.11 Å². The number of ketones is 1. The number of aryl methyl sites for hydroxylation is 1. The van der Waals surface area contributed by atoms with Gasteiger partial charge in [0.05, 0.1) is 12.0 Å². The summed E-state index contributed by atoms with van der Waals surface area (Å²) in [6.45, 7) is -0.916. The maximum atomic E-state index is 12.4. The van der Waals surface area contributed by atoms with Crippen LogP contribution in [0.2, 0.25) is 0 Å². The zero-order valence-electron chi connectivity index (χ0n) is 12.7. The van der Waals surface area contributed by atoms with E-state index in [0.717, 1.165) is 11.3 Å². The number of alkyl halides is 2. The van der Waals surface area contributed by atoms with E-state index in [2.05, 4.69) is 4.74 Å². The lowest BCUT2D eigenvalue weighted by atomic mass is 10.1. The fraction of sp³-hybridized carbons (Fsp3) is 0.235. The lowest BCUT2D eigenvalue weighted by Crippen LogP contribution is -2.03. The Kier molecular flexibility index (Phi) is 5.87. The van der Waals surface area contributed by atoms with Crippen molar-refractivity contribution in [1.29, 1.82) is 0 Å². The fourth-order valence-corrected chi connectivity index (χ4v) is 2.81. The minimum absolute atomic E-state index is 0.0681. The standard InChI is InChI=1S/C17H16F2O3S/c1-3-12-6-9-16(23-12)13(20)7-4-11-5-8-14(21-2)15(10-11)22-17(18)19/h4-10,17H,3H2,1-2H3/b7-4+. The number of carbonyl (C=O) groups is 1. The third-order valence-corrected chi connectivity index (χ3v) is 4.33. The molecule has 0 fully saturated rings. The van der Waals surface area contributed by atoms with E-state index in [4.69, 9.17) is 4.74 Å². The normalized spacial score (nSPS) is 11.2. The van der Waals surface area contributed by atoms with Gasteiger partial charge in [-0.1, -0.05) is 19.1 Å². The van der Waals surface area contributed by atoms with Crippen LogP contribution in [0.3, 0.4) is 0 Å². The first-order chi connectivity index (χ1) is 11.0. The summed E-state index contributed by atoms with van der Waals surface area (Å²) in [5.74, 6) is 0.0166. The van der Waals surface area contributed by atoms with Crippen LogP contribution in [0.5, 0.6) is 11.5 Å². The third-order valence-electron chi connectivity index (χ3n) is 3.08. The van der Waals surface area contributed by atoms with Gasteiger partial charge >= 0.3 is 6.61 Å². The number of ether oxygens (including phenoxy) is 2. The summed E-state index contributed by atoms with van der Waals surface area (Å²) in [7, 11) is 1.37. The quantitative estimate of drug-likeness (QED) is 0.536. The van der Waals surface area contributed by atoms with Gasteiger partial charge < -0.3 is 9.47 Å². The zero-order valence-corrected chi connectivity index (χ0v) is 13.5. The Hall–Kier alpha value is -2.21. The van der Waals surface area contributed by atoms with Gasteiger partial charge in [0, 0.05) is 4.88 Å². The molecule has 6 heteroatoms. The lowest BCUT2D eigenvalue weighted by molar-refractivity contribution is -0.0512. The van der Waals surface area contributed by atoms with Gasteiger partial charge in [-0.2, -0.15) is 8.78 Å². The first kappa shape index (κ1) is 17.1. The predicted octanol–water partition coefficient (Wildman–Crippen LogP) is 4.82. The van der Waals surface area contributed by atoms with E-state index in [0.29, 0.717) is 10.4 Å². The molecule has 0 radical (unpaired) electrons. The fourth-order valence-electron chi connectivity index (χ4n) is 1.94. The van der Waals surface area contributed by atoms with E-state index in [1.165, 1.54) is 36.7 Å². The first-order valence-electron chi connectivity index (χ1n) is 6.97. The highest BCUT2D eigenvalue weighted by Gasteiger charge is 2.11. The molecule has 0 aliphatic heterocycles. The van der Waals surface area contributed by atoms with Crippen LogP contribution in [0.25, 0.3) is 6.08 Å². The van der Waals surface area contributed by atoms with Crippen LogP contribution in [0.4, 0.5) is 8.78 Å². The van der Waals surface area contributed by atoms with Gasteiger partial charge in [0.25, 0.3) is 0 Å². The Morgan fingerprint density at radius 1 is 1.26 bits per heavy atom. The second-order valence-corrected chi connectivity index (χ2v) is 5.77. The van der Waals surface area contributed by atoms with E-state index < -0.39 is 6.61 Å². The molecular formula is C17H16F2O3S. The van der Waals surface area contributed by atoms with Crippen LogP contribution in [-0.4, -0.2) is 19.5 Å². The molecule has 0 atom stereocenters. The molecular weight excluding hydrogens is 322 g/mol. The molecule has 1 aromatic heterocycles. The highest BCUT2D eigenvalue weighted by Crippen LogP contribution is 2.30. The number of rotatable bonds is 7. The van der Waals surface area contributed by atoms with Crippen LogP contribution >= 0.6 is 11.3 Å². The molecule has 2 aromatic rings. The molecule has 0 aliphatic carbocycles. The van der Waals surface area contributed by atoms with Crippen molar-refractivity contribution in [2.45, 2.75) is 20.0 Å². The van der Waals surface area contributed by atoms with Crippen LogP contribution in [-0.2, 0) is 6.42 Å². The predicted molar refractivity (Wildman–Crippen MR) is 86.7 cm³/mol. The van der Waals surface area contributed by atoms with Crippen LogP contribution in [0.1, 0.15) is 27.0 Å². The molecule has 0 saturated carbocycles. The zero-order chi connectivity index (χ0) is 16.8. The number of methoxy groups -OCH3 is 1. The maximum Gasteiger partial charge on any atom is 0.387 e. The van der Waals surface area contributed by atoms with Crippen LogP contribution in [0.15, 0.2) is 36.4 Å². The van der Waals surface area contributed by atoms with Crippen molar-refractivity contribution in [3.8, 4) is 11.5 Å². The molecule has 23 heavy (non-hydrogen) atoms. The molecule has 0 aliphatic rings. The van der Waals surface area contributed by atoms with E-state index >= 15 is 0 Å². The van der Waals surface area contributed by atoms with Crippen molar-refractivity contribution in [2.24, 2.45) is 0 Å². The number of hydrogen-bond acceptors (Lipinski definition) is 4. The summed E-state index contributed by atoms with van der Waals surface area (Å²) in [4.78, 5) is 13.9. The number of thiophene rings is 1. The van der Waals surface area contributed by atoms with Crippen molar-refractivity contribution in [3.05, 3.63) is 51.7 Å². The SMILES string of the molecule is CCc1ccc(C(=O)/C=C/c2ccc(OC)c(OC(F)F)c2)s1. The minimum atomic E-state index is -2.94. The molecule has 0 spiro atoms. The van der Waals surface area contributed by atoms with Gasteiger partial charge in [0.15, 0.2) is 17.3 Å². The summed E-state index contributed by atoms with van der Waals surface area (Å²) in [6.07, 6.45) is 3.86. The lowest BCUT2D eigenvalue weighted by Gasteiger charge is -2.10. The van der Waals surface area contributed by atoms with Crippen molar-refractivity contribution < 1.29 is 23.0 Å². The Balaban J connectivity index is 2.16. The summed E-state index contributed by atoms with van der Waals surface area (Å²) >= 11 is 1.45. The molecule has 0 unspecified atom stereocenters. The molecule has 3 nitrogen and oxygen atoms in total. The minimum Gasteiger partial charge on any atom is -0.493 e. The molecule has 1 aromatic carbocycles. The smallest absolute Gasteiger partial charge is 0.387 e. The summed E-state index contributed by atoms with van der Waals surface area (Å²) in [5, 5.41) is 0. The monoisotopic (exact) mass is 338 g/mol. The molecule has 0 saturated heterocycles. The van der Waals surface area contributed by atoms with Crippen molar-refractivity contribution >= 4 is 23.2 Å². The van der Waals surface area contributed by atoms with Gasteiger partial charge in [0.1, 0.15) is 0 Å². The Morgan fingerprint density at radius 3 is 2.65 bits per heavy atom. The Morgan fingerprint density at radius 2 is 2.04 bits per heavy atom. The molecule has 1 heterocycles. The molecule has 0 N–H and O–H groups in total. The number of hydrogen-bond donors (Lipinski definition) is 0. The number of halogens is 2. The second kappa shape index (κ2) is 7.87. The highest BCUT2D eigenvalue weighted by atomic mass is 32.1. The van der Waals surface area contributed by atoms with Crippen molar-refractivity contribution in [3.63, 3.8) is 0 Å². The Bertz CT molecular complexity index is 708. The van der Waals surface area contributed by atoms with E-state index in [1.807, 2.05) is 13.0 Å². The molecule has 0 bridgehead atoms. The molecule has 2 rings (SSSR count). The number of carbonyl (C=O) groups excluding carboxylic acids is 1. The summed E-state index contributed by atoms with van der Waals surface area (Å²) < 4.78 is 34.2. The molecule has 0 amide bonds. The average molecular weight is 338 g/mol. The second-order valence-electron chi connectivity index (χ2n) is 4.61. The number of allylic oxidation sites excluding steroid dienone is 1.